The van der Waals surface area contributed by atoms with E-state index in [9.17, 15) is 4.79 Å². The number of nitrogen functional groups attached to an aromatic ring is 1. The van der Waals surface area contributed by atoms with Crippen molar-refractivity contribution >= 4 is 17.3 Å². The third-order valence-electron chi connectivity index (χ3n) is 2.85. The van der Waals surface area contributed by atoms with Crippen LogP contribution in [0.4, 0.5) is 11.4 Å². The number of rotatable bonds is 4. The summed E-state index contributed by atoms with van der Waals surface area (Å²) in [5, 5.41) is 7.29. The lowest BCUT2D eigenvalue weighted by atomic mass is 10.1. The van der Waals surface area contributed by atoms with Gasteiger partial charge in [0.05, 0.1) is 24.9 Å². The molecular formula is C13H16N4O2. The lowest BCUT2D eigenvalue weighted by Crippen LogP contribution is -2.08. The highest BCUT2D eigenvalue weighted by Crippen LogP contribution is 2.19. The lowest BCUT2D eigenvalue weighted by molar-refractivity contribution is 0.0602. The average Bonchev–Trinajstić information content (AvgIpc) is 2.82. The predicted molar refractivity (Wildman–Crippen MR) is 72.7 cm³/mol. The normalized spacial score (nSPS) is 10.2. The Bertz CT molecular complexity index is 592. The zero-order chi connectivity index (χ0) is 13.8. The molecule has 1 aromatic carbocycles. The van der Waals surface area contributed by atoms with Crippen LogP contribution in [-0.4, -0.2) is 22.9 Å². The van der Waals surface area contributed by atoms with Crippen LogP contribution in [0.15, 0.2) is 30.5 Å². The van der Waals surface area contributed by atoms with Gasteiger partial charge in [-0.05, 0) is 24.3 Å². The number of nitrogens with two attached hydrogens (primary N) is 1. The van der Waals surface area contributed by atoms with Gasteiger partial charge in [0.1, 0.15) is 0 Å². The van der Waals surface area contributed by atoms with Gasteiger partial charge in [0.2, 0.25) is 0 Å². The molecule has 1 aromatic heterocycles. The Hall–Kier alpha value is -2.50. The van der Waals surface area contributed by atoms with Crippen molar-refractivity contribution < 1.29 is 9.53 Å². The number of aryl methyl sites for hydroxylation is 1. The van der Waals surface area contributed by atoms with E-state index in [4.69, 9.17) is 5.73 Å². The number of anilines is 2. The first-order valence-corrected chi connectivity index (χ1v) is 5.80. The maximum absolute atomic E-state index is 11.5. The number of hydrogen-bond donors (Lipinski definition) is 2. The van der Waals surface area contributed by atoms with Gasteiger partial charge in [-0.25, -0.2) is 4.79 Å². The van der Waals surface area contributed by atoms with Crippen molar-refractivity contribution in [2.45, 2.75) is 6.54 Å². The van der Waals surface area contributed by atoms with Crippen LogP contribution in [0.5, 0.6) is 0 Å². The van der Waals surface area contributed by atoms with Crippen molar-refractivity contribution in [2.24, 2.45) is 7.05 Å². The molecule has 1 heterocycles. The molecule has 0 aliphatic carbocycles. The van der Waals surface area contributed by atoms with Crippen LogP contribution < -0.4 is 11.1 Å². The Morgan fingerprint density at radius 1 is 1.47 bits per heavy atom. The summed E-state index contributed by atoms with van der Waals surface area (Å²) >= 11 is 0. The predicted octanol–water partition coefficient (Wildman–Crippen LogP) is 1.40. The SMILES string of the molecule is COC(=O)c1cc(NCc2ccnn2C)ccc1N. The number of methoxy groups -OCH3 is 1. The van der Waals surface area contributed by atoms with Crippen LogP contribution in [0.25, 0.3) is 0 Å². The third kappa shape index (κ3) is 2.85. The van der Waals surface area contributed by atoms with Crippen molar-refractivity contribution in [1.29, 1.82) is 0 Å². The van der Waals surface area contributed by atoms with Gasteiger partial charge in [0.15, 0.2) is 0 Å². The first kappa shape index (κ1) is 12.9. The van der Waals surface area contributed by atoms with Gasteiger partial charge in [-0.3, -0.25) is 4.68 Å². The summed E-state index contributed by atoms with van der Waals surface area (Å²) < 4.78 is 6.46. The Morgan fingerprint density at radius 3 is 2.89 bits per heavy atom. The molecular weight excluding hydrogens is 244 g/mol. The maximum Gasteiger partial charge on any atom is 0.340 e. The number of esters is 1. The van der Waals surface area contributed by atoms with Crippen molar-refractivity contribution in [2.75, 3.05) is 18.2 Å². The van der Waals surface area contributed by atoms with E-state index < -0.39 is 5.97 Å². The molecule has 0 unspecified atom stereocenters. The molecule has 0 fully saturated rings. The Labute approximate surface area is 111 Å². The molecule has 2 rings (SSSR count). The fourth-order valence-corrected chi connectivity index (χ4v) is 1.72. The van der Waals surface area contributed by atoms with E-state index in [0.29, 0.717) is 17.8 Å². The molecule has 0 saturated carbocycles. The molecule has 2 aromatic rings. The minimum atomic E-state index is -0.443. The minimum Gasteiger partial charge on any atom is -0.465 e. The summed E-state index contributed by atoms with van der Waals surface area (Å²) in [7, 11) is 3.21. The summed E-state index contributed by atoms with van der Waals surface area (Å²) in [6, 6.07) is 7.10. The highest BCUT2D eigenvalue weighted by atomic mass is 16.5. The summed E-state index contributed by atoms with van der Waals surface area (Å²) in [5.41, 5.74) is 8.34. The molecule has 3 N–H and O–H groups in total. The number of aromatic nitrogens is 2. The second-order valence-corrected chi connectivity index (χ2v) is 4.09. The van der Waals surface area contributed by atoms with Crippen LogP contribution in [0.2, 0.25) is 0 Å². The first-order valence-electron chi connectivity index (χ1n) is 5.80. The quantitative estimate of drug-likeness (QED) is 0.641. The van der Waals surface area contributed by atoms with Gasteiger partial charge in [-0.2, -0.15) is 5.10 Å². The third-order valence-corrected chi connectivity index (χ3v) is 2.85. The monoisotopic (exact) mass is 260 g/mol. The highest BCUT2D eigenvalue weighted by Gasteiger charge is 2.10. The average molecular weight is 260 g/mol. The number of hydrogen-bond acceptors (Lipinski definition) is 5. The standard InChI is InChI=1S/C13H16N4O2/c1-17-10(5-6-16-17)8-15-9-3-4-12(14)11(7-9)13(18)19-2/h3-7,15H,8,14H2,1-2H3. The smallest absolute Gasteiger partial charge is 0.340 e. The molecule has 0 atom stereocenters. The van der Waals surface area contributed by atoms with Crippen LogP contribution in [0.3, 0.4) is 0 Å². The number of benzene rings is 1. The highest BCUT2D eigenvalue weighted by molar-refractivity contribution is 5.96. The molecule has 0 spiro atoms. The van der Waals surface area contributed by atoms with Gasteiger partial charge in [-0.15, -0.1) is 0 Å². The van der Waals surface area contributed by atoms with E-state index in [1.54, 1.807) is 23.0 Å². The van der Waals surface area contributed by atoms with E-state index in [-0.39, 0.29) is 0 Å². The molecule has 0 aliphatic rings. The van der Waals surface area contributed by atoms with Gasteiger partial charge in [-0.1, -0.05) is 0 Å². The van der Waals surface area contributed by atoms with Crippen LogP contribution in [-0.2, 0) is 18.3 Å². The van der Waals surface area contributed by atoms with Gasteiger partial charge in [0.25, 0.3) is 0 Å². The minimum absolute atomic E-state index is 0.359. The molecule has 0 saturated heterocycles. The summed E-state index contributed by atoms with van der Waals surface area (Å²) in [6.07, 6.45) is 1.74. The second kappa shape index (κ2) is 5.43. The molecule has 0 aliphatic heterocycles. The number of ether oxygens (including phenoxy) is 1. The molecule has 100 valence electrons. The van der Waals surface area contributed by atoms with Gasteiger partial charge in [0, 0.05) is 24.6 Å². The van der Waals surface area contributed by atoms with Crippen molar-refractivity contribution in [3.63, 3.8) is 0 Å². The Balaban J connectivity index is 2.13. The summed E-state index contributed by atoms with van der Waals surface area (Å²) in [4.78, 5) is 11.5. The number of carbonyl (C=O) groups excluding carboxylic acids is 1. The molecule has 0 radical (unpaired) electrons. The fourth-order valence-electron chi connectivity index (χ4n) is 1.72. The molecule has 6 nitrogen and oxygen atoms in total. The number of carbonyl (C=O) groups is 1. The lowest BCUT2D eigenvalue weighted by Gasteiger charge is -2.09. The van der Waals surface area contributed by atoms with Gasteiger partial charge < -0.3 is 15.8 Å². The van der Waals surface area contributed by atoms with Crippen molar-refractivity contribution in [1.82, 2.24) is 9.78 Å². The number of nitrogens with zero attached hydrogens (tertiary/aromatic N) is 2. The topological polar surface area (TPSA) is 82.2 Å². The fraction of sp³-hybridized carbons (Fsp3) is 0.231. The molecule has 0 amide bonds. The van der Waals surface area contributed by atoms with Crippen LogP contribution in [0.1, 0.15) is 16.1 Å². The summed E-state index contributed by atoms with van der Waals surface area (Å²) in [6.45, 7) is 0.612. The van der Waals surface area contributed by atoms with Crippen LogP contribution in [0, 0.1) is 0 Å². The van der Waals surface area contributed by atoms with E-state index in [0.717, 1.165) is 11.4 Å². The maximum atomic E-state index is 11.5. The van der Waals surface area contributed by atoms with Crippen molar-refractivity contribution in [3.05, 3.63) is 41.7 Å². The van der Waals surface area contributed by atoms with Crippen LogP contribution >= 0.6 is 0 Å². The van der Waals surface area contributed by atoms with Gasteiger partial charge >= 0.3 is 5.97 Å². The van der Waals surface area contributed by atoms with E-state index in [1.165, 1.54) is 7.11 Å². The second-order valence-electron chi connectivity index (χ2n) is 4.09. The summed E-state index contributed by atoms with van der Waals surface area (Å²) in [5.74, 6) is -0.443. The zero-order valence-corrected chi connectivity index (χ0v) is 10.9. The molecule has 19 heavy (non-hydrogen) atoms. The largest absolute Gasteiger partial charge is 0.465 e. The van der Waals surface area contributed by atoms with E-state index >= 15 is 0 Å². The zero-order valence-electron chi connectivity index (χ0n) is 10.9. The Kier molecular flexibility index (Phi) is 3.70. The number of nitrogens with one attached hydrogen (secondary N) is 1. The first-order chi connectivity index (χ1) is 9.11. The van der Waals surface area contributed by atoms with Crippen molar-refractivity contribution in [3.8, 4) is 0 Å². The van der Waals surface area contributed by atoms with E-state index in [2.05, 4.69) is 15.2 Å². The Morgan fingerprint density at radius 2 is 2.26 bits per heavy atom. The van der Waals surface area contributed by atoms with E-state index in [1.807, 2.05) is 19.2 Å². The molecule has 0 bridgehead atoms. The molecule has 6 heteroatoms.